The van der Waals surface area contributed by atoms with Gasteiger partial charge in [0, 0.05) is 16.9 Å². The third-order valence-corrected chi connectivity index (χ3v) is 4.47. The minimum absolute atomic E-state index is 0.198. The maximum atomic E-state index is 12.5. The van der Waals surface area contributed by atoms with Gasteiger partial charge in [-0.3, -0.25) is 9.59 Å². The van der Waals surface area contributed by atoms with E-state index >= 15 is 0 Å². The van der Waals surface area contributed by atoms with Gasteiger partial charge in [-0.2, -0.15) is 0 Å². The normalized spacial score (nSPS) is 10.3. The van der Waals surface area contributed by atoms with E-state index in [1.54, 1.807) is 42.5 Å². The number of hydrogen-bond donors (Lipinski definition) is 2. The van der Waals surface area contributed by atoms with Crippen LogP contribution in [0.3, 0.4) is 0 Å². The molecule has 5 heteroatoms. The van der Waals surface area contributed by atoms with E-state index in [0.717, 1.165) is 11.1 Å². The Morgan fingerprint density at radius 3 is 2.33 bits per heavy atom. The van der Waals surface area contributed by atoms with Crippen LogP contribution in [-0.4, -0.2) is 11.8 Å². The van der Waals surface area contributed by atoms with Gasteiger partial charge in [0.15, 0.2) is 0 Å². The molecule has 3 aromatic rings. The van der Waals surface area contributed by atoms with Gasteiger partial charge in [0.2, 0.25) is 0 Å². The summed E-state index contributed by atoms with van der Waals surface area (Å²) in [4.78, 5) is 24.9. The monoisotopic (exact) mass is 378 g/mol. The number of aryl methyl sites for hydroxylation is 2. The van der Waals surface area contributed by atoms with Crippen LogP contribution in [0.25, 0.3) is 0 Å². The third-order valence-electron chi connectivity index (χ3n) is 4.14. The van der Waals surface area contributed by atoms with Crippen molar-refractivity contribution >= 4 is 34.8 Å². The highest BCUT2D eigenvalue weighted by Gasteiger charge is 2.12. The third kappa shape index (κ3) is 4.54. The number of carbonyl (C=O) groups is 2. The Hall–Kier alpha value is -3.11. The summed E-state index contributed by atoms with van der Waals surface area (Å²) in [6.45, 7) is 3.83. The van der Waals surface area contributed by atoms with Crippen LogP contribution in [-0.2, 0) is 0 Å². The van der Waals surface area contributed by atoms with Crippen LogP contribution in [0, 0.1) is 13.8 Å². The van der Waals surface area contributed by atoms with Crippen molar-refractivity contribution in [3.63, 3.8) is 0 Å². The summed E-state index contributed by atoms with van der Waals surface area (Å²) >= 11 is 6.07. The summed E-state index contributed by atoms with van der Waals surface area (Å²) in [6.07, 6.45) is 0. The molecule has 0 fully saturated rings. The molecule has 0 aliphatic rings. The van der Waals surface area contributed by atoms with E-state index in [9.17, 15) is 9.59 Å². The molecule has 2 amide bonds. The fourth-order valence-electron chi connectivity index (χ4n) is 2.66. The average Bonchev–Trinajstić information content (AvgIpc) is 2.64. The van der Waals surface area contributed by atoms with Crippen LogP contribution in [0.4, 0.5) is 11.4 Å². The molecular formula is C22H19ClN2O2. The van der Waals surface area contributed by atoms with Crippen LogP contribution in [0.5, 0.6) is 0 Å². The van der Waals surface area contributed by atoms with Gasteiger partial charge in [0.25, 0.3) is 11.8 Å². The molecule has 27 heavy (non-hydrogen) atoms. The molecule has 0 unspecified atom stereocenters. The van der Waals surface area contributed by atoms with Gasteiger partial charge in [0.05, 0.1) is 10.6 Å². The lowest BCUT2D eigenvalue weighted by Crippen LogP contribution is -2.15. The Labute approximate surface area is 163 Å². The number of hydrogen-bond acceptors (Lipinski definition) is 2. The molecular weight excluding hydrogens is 360 g/mol. The molecule has 0 heterocycles. The summed E-state index contributed by atoms with van der Waals surface area (Å²) in [6, 6.07) is 19.6. The van der Waals surface area contributed by atoms with Crippen molar-refractivity contribution in [1.29, 1.82) is 0 Å². The highest BCUT2D eigenvalue weighted by molar-refractivity contribution is 6.34. The number of halogens is 1. The number of anilines is 2. The molecule has 4 nitrogen and oxygen atoms in total. The summed E-state index contributed by atoms with van der Waals surface area (Å²) < 4.78 is 0. The Kier molecular flexibility index (Phi) is 5.57. The minimum atomic E-state index is -0.305. The SMILES string of the molecule is Cc1cccc(C(=O)Nc2cc(NC(=O)c3ccccc3Cl)ccc2C)c1. The lowest BCUT2D eigenvalue weighted by atomic mass is 10.1. The second-order valence-electron chi connectivity index (χ2n) is 6.29. The molecule has 0 bridgehead atoms. The van der Waals surface area contributed by atoms with E-state index in [2.05, 4.69) is 10.6 Å². The van der Waals surface area contributed by atoms with Crippen LogP contribution < -0.4 is 10.6 Å². The number of carbonyl (C=O) groups excluding carboxylic acids is 2. The Balaban J connectivity index is 1.79. The van der Waals surface area contributed by atoms with Gasteiger partial charge in [-0.25, -0.2) is 0 Å². The van der Waals surface area contributed by atoms with Crippen molar-refractivity contribution in [3.05, 3.63) is 94.0 Å². The molecule has 0 atom stereocenters. The Bertz CT molecular complexity index is 1010. The lowest BCUT2D eigenvalue weighted by Gasteiger charge is -2.12. The fraction of sp³-hybridized carbons (Fsp3) is 0.0909. The molecule has 3 aromatic carbocycles. The zero-order chi connectivity index (χ0) is 19.4. The van der Waals surface area contributed by atoms with Gasteiger partial charge in [0.1, 0.15) is 0 Å². The van der Waals surface area contributed by atoms with Gasteiger partial charge in [-0.15, -0.1) is 0 Å². The summed E-state index contributed by atoms with van der Waals surface area (Å²) in [5.41, 5.74) is 4.10. The molecule has 0 radical (unpaired) electrons. The molecule has 2 N–H and O–H groups in total. The predicted molar refractivity (Wildman–Crippen MR) is 110 cm³/mol. The maximum absolute atomic E-state index is 12.5. The number of rotatable bonds is 4. The van der Waals surface area contributed by atoms with Crippen LogP contribution in [0.15, 0.2) is 66.7 Å². The zero-order valence-corrected chi connectivity index (χ0v) is 15.8. The summed E-state index contributed by atoms with van der Waals surface area (Å²) in [5, 5.41) is 6.10. The van der Waals surface area contributed by atoms with Gasteiger partial charge in [-0.1, -0.05) is 47.5 Å². The first-order valence-corrected chi connectivity index (χ1v) is 8.86. The maximum Gasteiger partial charge on any atom is 0.257 e. The Morgan fingerprint density at radius 2 is 1.59 bits per heavy atom. The van der Waals surface area contributed by atoms with Crippen LogP contribution in [0.1, 0.15) is 31.8 Å². The fourth-order valence-corrected chi connectivity index (χ4v) is 2.88. The van der Waals surface area contributed by atoms with Crippen molar-refractivity contribution in [3.8, 4) is 0 Å². The second kappa shape index (κ2) is 8.06. The number of amides is 2. The summed E-state index contributed by atoms with van der Waals surface area (Å²) in [5.74, 6) is -0.503. The van der Waals surface area contributed by atoms with E-state index in [-0.39, 0.29) is 11.8 Å². The van der Waals surface area contributed by atoms with Gasteiger partial charge >= 0.3 is 0 Å². The molecule has 0 aliphatic heterocycles. The highest BCUT2D eigenvalue weighted by Crippen LogP contribution is 2.23. The first kappa shape index (κ1) is 18.7. The topological polar surface area (TPSA) is 58.2 Å². The largest absolute Gasteiger partial charge is 0.322 e. The van der Waals surface area contributed by atoms with E-state index in [4.69, 9.17) is 11.6 Å². The van der Waals surface area contributed by atoms with Crippen LogP contribution >= 0.6 is 11.6 Å². The van der Waals surface area contributed by atoms with Gasteiger partial charge < -0.3 is 10.6 Å². The first-order chi connectivity index (χ1) is 12.9. The van der Waals surface area contributed by atoms with E-state index in [1.165, 1.54) is 0 Å². The van der Waals surface area contributed by atoms with E-state index in [0.29, 0.717) is 27.5 Å². The van der Waals surface area contributed by atoms with Crippen molar-refractivity contribution in [1.82, 2.24) is 0 Å². The molecule has 0 aliphatic carbocycles. The molecule has 136 valence electrons. The Morgan fingerprint density at radius 1 is 0.815 bits per heavy atom. The van der Waals surface area contributed by atoms with E-state index < -0.39 is 0 Å². The van der Waals surface area contributed by atoms with Crippen molar-refractivity contribution in [2.45, 2.75) is 13.8 Å². The predicted octanol–water partition coefficient (Wildman–Crippen LogP) is 5.46. The standard InChI is InChI=1S/C22H19ClN2O2/c1-14-6-5-7-16(12-14)21(26)25-20-13-17(11-10-15(20)2)24-22(27)18-8-3-4-9-19(18)23/h3-13H,1-2H3,(H,24,27)(H,25,26). The van der Waals surface area contributed by atoms with Crippen molar-refractivity contribution in [2.24, 2.45) is 0 Å². The van der Waals surface area contributed by atoms with E-state index in [1.807, 2.05) is 38.1 Å². The first-order valence-electron chi connectivity index (χ1n) is 8.48. The minimum Gasteiger partial charge on any atom is -0.322 e. The average molecular weight is 379 g/mol. The molecule has 0 aromatic heterocycles. The lowest BCUT2D eigenvalue weighted by molar-refractivity contribution is 0.101. The number of nitrogens with one attached hydrogen (secondary N) is 2. The van der Waals surface area contributed by atoms with Crippen molar-refractivity contribution < 1.29 is 9.59 Å². The second-order valence-corrected chi connectivity index (χ2v) is 6.69. The quantitative estimate of drug-likeness (QED) is 0.633. The molecule has 0 spiro atoms. The van der Waals surface area contributed by atoms with Gasteiger partial charge in [-0.05, 0) is 55.8 Å². The molecule has 0 saturated heterocycles. The summed E-state index contributed by atoms with van der Waals surface area (Å²) in [7, 11) is 0. The van der Waals surface area contributed by atoms with Crippen LogP contribution in [0.2, 0.25) is 5.02 Å². The van der Waals surface area contributed by atoms with Crippen molar-refractivity contribution in [2.75, 3.05) is 10.6 Å². The molecule has 0 saturated carbocycles. The highest BCUT2D eigenvalue weighted by atomic mass is 35.5. The number of benzene rings is 3. The molecule has 3 rings (SSSR count). The zero-order valence-electron chi connectivity index (χ0n) is 15.0. The smallest absolute Gasteiger partial charge is 0.257 e.